The molecule has 2 aromatic rings. The molecule has 34 heavy (non-hydrogen) atoms. The predicted molar refractivity (Wildman–Crippen MR) is 123 cm³/mol. The Morgan fingerprint density at radius 3 is 2.18 bits per heavy atom. The molecule has 1 N–H and O–H groups in total. The molecule has 182 valence electrons. The Hall–Kier alpha value is -3.67. The first-order valence-corrected chi connectivity index (χ1v) is 12.3. The summed E-state index contributed by atoms with van der Waals surface area (Å²) in [5, 5.41) is 13.9. The van der Waals surface area contributed by atoms with E-state index >= 15 is 0 Å². The lowest BCUT2D eigenvalue weighted by Gasteiger charge is -2.28. The number of carbonyl (C=O) groups excluding carboxylic acids is 2. The zero-order valence-corrected chi connectivity index (χ0v) is 19.8. The molecular weight excluding hydrogens is 466 g/mol. The van der Waals surface area contributed by atoms with E-state index in [0.717, 1.165) is 43.7 Å². The molecule has 0 unspecified atom stereocenters. The molecule has 2 aromatic carbocycles. The Morgan fingerprint density at radius 2 is 1.62 bits per heavy atom. The van der Waals surface area contributed by atoms with Crippen LogP contribution in [0.15, 0.2) is 35.2 Å². The van der Waals surface area contributed by atoms with Gasteiger partial charge in [-0.3, -0.25) is 19.7 Å². The summed E-state index contributed by atoms with van der Waals surface area (Å²) >= 11 is 0. The van der Waals surface area contributed by atoms with Crippen molar-refractivity contribution in [1.82, 2.24) is 4.90 Å². The number of benzene rings is 2. The third-order valence-corrected chi connectivity index (χ3v) is 6.53. The minimum Gasteiger partial charge on any atom is -0.493 e. The van der Waals surface area contributed by atoms with Gasteiger partial charge in [0.05, 0.1) is 35.3 Å². The Morgan fingerprint density at radius 1 is 1.00 bits per heavy atom. The van der Waals surface area contributed by atoms with Crippen molar-refractivity contribution in [3.63, 3.8) is 0 Å². The molecular formula is C22H25N3O8S. The average Bonchev–Trinajstić information content (AvgIpc) is 2.82. The van der Waals surface area contributed by atoms with Crippen molar-refractivity contribution in [2.45, 2.75) is 24.2 Å². The number of non-ortho nitro benzene ring substituents is 1. The molecule has 1 heterocycles. The maximum Gasteiger partial charge on any atom is 0.271 e. The summed E-state index contributed by atoms with van der Waals surface area (Å²) in [6.45, 7) is 1.15. The zero-order chi connectivity index (χ0) is 25.0. The molecule has 0 aliphatic carbocycles. The third-order valence-electron chi connectivity index (χ3n) is 5.44. The summed E-state index contributed by atoms with van der Waals surface area (Å²) in [6, 6.07) is 5.78. The smallest absolute Gasteiger partial charge is 0.271 e. The van der Waals surface area contributed by atoms with Crippen molar-refractivity contribution in [2.75, 3.05) is 38.9 Å². The number of amides is 2. The van der Waals surface area contributed by atoms with Crippen LogP contribution >= 0.6 is 0 Å². The molecule has 3 rings (SSSR count). The van der Waals surface area contributed by atoms with Crippen LogP contribution in [0.3, 0.4) is 0 Å². The molecule has 0 aromatic heterocycles. The van der Waals surface area contributed by atoms with Crippen LogP contribution in [0, 0.1) is 10.1 Å². The summed E-state index contributed by atoms with van der Waals surface area (Å²) in [5.41, 5.74) is -0.543. The summed E-state index contributed by atoms with van der Waals surface area (Å²) in [6.07, 6.45) is 3.64. The van der Waals surface area contributed by atoms with E-state index in [1.54, 1.807) is 4.90 Å². The minimum absolute atomic E-state index is 0.102. The van der Waals surface area contributed by atoms with Gasteiger partial charge in [-0.05, 0) is 31.4 Å². The van der Waals surface area contributed by atoms with E-state index in [1.165, 1.54) is 26.4 Å². The quantitative estimate of drug-likeness (QED) is 0.460. The van der Waals surface area contributed by atoms with Crippen LogP contribution in [-0.4, -0.2) is 63.6 Å². The second-order valence-electron chi connectivity index (χ2n) is 7.80. The van der Waals surface area contributed by atoms with Gasteiger partial charge in [0.25, 0.3) is 17.5 Å². The number of ether oxygens (including phenoxy) is 2. The number of nitro groups is 1. The number of hydrogen-bond donors (Lipinski definition) is 1. The highest BCUT2D eigenvalue weighted by molar-refractivity contribution is 7.90. The fourth-order valence-corrected chi connectivity index (χ4v) is 4.33. The number of carbonyl (C=O) groups is 2. The van der Waals surface area contributed by atoms with Crippen LogP contribution in [-0.2, 0) is 9.84 Å². The Balaban J connectivity index is 2.06. The van der Waals surface area contributed by atoms with Crippen LogP contribution in [0.25, 0.3) is 0 Å². The lowest BCUT2D eigenvalue weighted by atomic mass is 10.1. The highest BCUT2D eigenvalue weighted by Crippen LogP contribution is 2.35. The first kappa shape index (κ1) is 25.0. The van der Waals surface area contributed by atoms with Gasteiger partial charge in [0.2, 0.25) is 0 Å². The maximum atomic E-state index is 13.2. The van der Waals surface area contributed by atoms with Gasteiger partial charge < -0.3 is 19.7 Å². The predicted octanol–water partition coefficient (Wildman–Crippen LogP) is 2.89. The minimum atomic E-state index is -3.83. The molecule has 1 aliphatic rings. The van der Waals surface area contributed by atoms with Crippen LogP contribution < -0.4 is 14.8 Å². The van der Waals surface area contributed by atoms with Gasteiger partial charge >= 0.3 is 0 Å². The summed E-state index contributed by atoms with van der Waals surface area (Å²) < 4.78 is 34.6. The average molecular weight is 492 g/mol. The van der Waals surface area contributed by atoms with Gasteiger partial charge in [0.1, 0.15) is 0 Å². The molecule has 12 heteroatoms. The lowest BCUT2D eigenvalue weighted by molar-refractivity contribution is -0.385. The fraction of sp³-hybridized carbons (Fsp3) is 0.364. The van der Waals surface area contributed by atoms with E-state index < -0.39 is 26.4 Å². The van der Waals surface area contributed by atoms with Crippen molar-refractivity contribution in [2.24, 2.45) is 0 Å². The SMILES string of the molecule is COc1cc(NC(=O)c2cc([N+](=O)[O-])cc(S(C)(=O)=O)c2)c(C(=O)N2CCCCC2)cc1OC. The number of rotatable bonds is 7. The van der Waals surface area contributed by atoms with Crippen molar-refractivity contribution in [1.29, 1.82) is 0 Å². The molecule has 1 fully saturated rings. The number of likely N-dealkylation sites (tertiary alicyclic amines) is 1. The molecule has 0 saturated carbocycles. The number of nitro benzene ring substituents is 1. The van der Waals surface area contributed by atoms with E-state index in [1.807, 2.05) is 0 Å². The van der Waals surface area contributed by atoms with Crippen LogP contribution in [0.1, 0.15) is 40.0 Å². The molecule has 11 nitrogen and oxygen atoms in total. The second kappa shape index (κ2) is 10.1. The third kappa shape index (κ3) is 5.45. The highest BCUT2D eigenvalue weighted by atomic mass is 32.2. The van der Waals surface area contributed by atoms with Crippen molar-refractivity contribution < 1.29 is 32.4 Å². The van der Waals surface area contributed by atoms with Gasteiger partial charge in [0.15, 0.2) is 21.3 Å². The Labute approximate surface area is 196 Å². The van der Waals surface area contributed by atoms with Crippen LogP contribution in [0.4, 0.5) is 11.4 Å². The number of piperidine rings is 1. The normalized spacial score (nSPS) is 13.8. The molecule has 0 spiro atoms. The van der Waals surface area contributed by atoms with Gasteiger partial charge in [-0.1, -0.05) is 0 Å². The molecule has 1 saturated heterocycles. The zero-order valence-electron chi connectivity index (χ0n) is 19.0. The van der Waals surface area contributed by atoms with Gasteiger partial charge in [-0.2, -0.15) is 0 Å². The molecule has 2 amide bonds. The molecule has 1 aliphatic heterocycles. The second-order valence-corrected chi connectivity index (χ2v) is 9.82. The number of nitrogens with one attached hydrogen (secondary N) is 1. The standard InChI is InChI=1S/C22H25N3O8S/c1-32-19-12-17(22(27)24-7-5-4-6-8-24)18(13-20(19)33-2)23-21(26)14-9-15(25(28)29)11-16(10-14)34(3,30)31/h9-13H,4-8H2,1-3H3,(H,23,26). The van der Waals surface area contributed by atoms with Crippen molar-refractivity contribution in [3.05, 3.63) is 51.6 Å². The molecule has 0 radical (unpaired) electrons. The summed E-state index contributed by atoms with van der Waals surface area (Å²) in [7, 11) is -1.01. The van der Waals surface area contributed by atoms with Gasteiger partial charge in [-0.15, -0.1) is 0 Å². The number of anilines is 1. The van der Waals surface area contributed by atoms with E-state index in [0.29, 0.717) is 13.1 Å². The monoisotopic (exact) mass is 491 g/mol. The highest BCUT2D eigenvalue weighted by Gasteiger charge is 2.25. The first-order valence-electron chi connectivity index (χ1n) is 10.4. The van der Waals surface area contributed by atoms with E-state index in [2.05, 4.69) is 5.32 Å². The Bertz CT molecular complexity index is 1240. The number of methoxy groups -OCH3 is 2. The van der Waals surface area contributed by atoms with Gasteiger partial charge in [-0.25, -0.2) is 8.42 Å². The van der Waals surface area contributed by atoms with Crippen molar-refractivity contribution in [3.8, 4) is 11.5 Å². The van der Waals surface area contributed by atoms with E-state index in [9.17, 15) is 28.1 Å². The topological polar surface area (TPSA) is 145 Å². The molecule has 0 bridgehead atoms. The van der Waals surface area contributed by atoms with E-state index in [-0.39, 0.29) is 39.1 Å². The van der Waals surface area contributed by atoms with Crippen molar-refractivity contribution >= 4 is 33.0 Å². The number of hydrogen-bond acceptors (Lipinski definition) is 8. The van der Waals surface area contributed by atoms with Gasteiger partial charge in [0, 0.05) is 43.1 Å². The van der Waals surface area contributed by atoms with E-state index in [4.69, 9.17) is 9.47 Å². The summed E-state index contributed by atoms with van der Waals surface area (Å²) in [4.78, 5) is 38.1. The number of nitrogens with zero attached hydrogens (tertiary/aromatic N) is 2. The lowest BCUT2D eigenvalue weighted by Crippen LogP contribution is -2.36. The largest absolute Gasteiger partial charge is 0.493 e. The summed E-state index contributed by atoms with van der Waals surface area (Å²) in [5.74, 6) is -0.597. The van der Waals surface area contributed by atoms with Crippen LogP contribution in [0.2, 0.25) is 0 Å². The first-order chi connectivity index (χ1) is 16.0. The molecule has 0 atom stereocenters. The Kier molecular flexibility index (Phi) is 7.40. The van der Waals surface area contributed by atoms with Crippen LogP contribution in [0.5, 0.6) is 11.5 Å². The fourth-order valence-electron chi connectivity index (χ4n) is 3.66. The maximum absolute atomic E-state index is 13.2. The number of sulfone groups is 1.